The first-order valence-electron chi connectivity index (χ1n) is 6.36. The number of methoxy groups -OCH3 is 1. The molecule has 1 saturated heterocycles. The molecule has 0 spiro atoms. The van der Waals surface area contributed by atoms with Crippen molar-refractivity contribution in [2.24, 2.45) is 0 Å². The third-order valence-electron chi connectivity index (χ3n) is 3.61. The van der Waals surface area contributed by atoms with Crippen LogP contribution in [0.2, 0.25) is 0 Å². The van der Waals surface area contributed by atoms with Crippen molar-refractivity contribution < 1.29 is 4.74 Å². The molecule has 3 nitrogen and oxygen atoms in total. The van der Waals surface area contributed by atoms with Gasteiger partial charge in [-0.25, -0.2) is 0 Å². The number of rotatable bonds is 4. The SMILES string of the molecule is COCCN1CCC(c2ccc(N)cc2)CC1. The number of ether oxygens (including phenoxy) is 1. The monoisotopic (exact) mass is 234 g/mol. The van der Waals surface area contributed by atoms with Crippen molar-refractivity contribution in [1.82, 2.24) is 4.90 Å². The van der Waals surface area contributed by atoms with Gasteiger partial charge in [0.15, 0.2) is 0 Å². The Morgan fingerprint density at radius 1 is 1.24 bits per heavy atom. The lowest BCUT2D eigenvalue weighted by molar-refractivity contribution is 0.130. The molecule has 0 aliphatic carbocycles. The summed E-state index contributed by atoms with van der Waals surface area (Å²) in [4.78, 5) is 2.48. The average Bonchev–Trinajstić information content (AvgIpc) is 2.38. The van der Waals surface area contributed by atoms with Crippen LogP contribution in [0.3, 0.4) is 0 Å². The molecule has 0 saturated carbocycles. The minimum Gasteiger partial charge on any atom is -0.399 e. The predicted molar refractivity (Wildman–Crippen MR) is 71.1 cm³/mol. The molecule has 3 heteroatoms. The zero-order chi connectivity index (χ0) is 12.1. The molecule has 0 bridgehead atoms. The van der Waals surface area contributed by atoms with Gasteiger partial charge in [-0.15, -0.1) is 0 Å². The molecular formula is C14H22N2O. The van der Waals surface area contributed by atoms with Crippen LogP contribution in [-0.4, -0.2) is 38.3 Å². The lowest BCUT2D eigenvalue weighted by Crippen LogP contribution is -2.35. The standard InChI is InChI=1S/C14H22N2O/c1-17-11-10-16-8-6-13(7-9-16)12-2-4-14(15)5-3-12/h2-5,13H,6-11,15H2,1H3. The van der Waals surface area contributed by atoms with Crippen molar-refractivity contribution in [2.75, 3.05) is 39.1 Å². The summed E-state index contributed by atoms with van der Waals surface area (Å²) in [5.74, 6) is 0.703. The quantitative estimate of drug-likeness (QED) is 0.811. The van der Waals surface area contributed by atoms with Crippen molar-refractivity contribution in [3.63, 3.8) is 0 Å². The molecule has 1 aliphatic rings. The summed E-state index contributed by atoms with van der Waals surface area (Å²) < 4.78 is 5.11. The number of piperidine rings is 1. The van der Waals surface area contributed by atoms with Crippen molar-refractivity contribution in [3.8, 4) is 0 Å². The van der Waals surface area contributed by atoms with Crippen molar-refractivity contribution in [3.05, 3.63) is 29.8 Å². The molecule has 1 fully saturated rings. The maximum absolute atomic E-state index is 5.71. The fourth-order valence-corrected chi connectivity index (χ4v) is 2.48. The fourth-order valence-electron chi connectivity index (χ4n) is 2.48. The molecule has 0 radical (unpaired) electrons. The molecule has 17 heavy (non-hydrogen) atoms. The Morgan fingerprint density at radius 3 is 2.47 bits per heavy atom. The summed E-state index contributed by atoms with van der Waals surface area (Å²) in [5, 5.41) is 0. The van der Waals surface area contributed by atoms with E-state index in [9.17, 15) is 0 Å². The van der Waals surface area contributed by atoms with Gasteiger partial charge in [0, 0.05) is 19.3 Å². The molecule has 94 valence electrons. The van der Waals surface area contributed by atoms with Crippen LogP contribution in [0.5, 0.6) is 0 Å². The summed E-state index contributed by atoms with van der Waals surface area (Å²) >= 11 is 0. The molecule has 0 amide bonds. The lowest BCUT2D eigenvalue weighted by atomic mass is 9.89. The van der Waals surface area contributed by atoms with E-state index in [-0.39, 0.29) is 0 Å². The van der Waals surface area contributed by atoms with Crippen molar-refractivity contribution in [2.45, 2.75) is 18.8 Å². The molecule has 1 aromatic rings. The molecule has 1 aliphatic heterocycles. The van der Waals surface area contributed by atoms with Crippen LogP contribution < -0.4 is 5.73 Å². The van der Waals surface area contributed by atoms with E-state index < -0.39 is 0 Å². The first-order chi connectivity index (χ1) is 8.29. The molecule has 0 unspecified atom stereocenters. The van der Waals surface area contributed by atoms with Gasteiger partial charge < -0.3 is 15.4 Å². The largest absolute Gasteiger partial charge is 0.399 e. The maximum Gasteiger partial charge on any atom is 0.0589 e. The number of anilines is 1. The van der Waals surface area contributed by atoms with Gasteiger partial charge in [0.2, 0.25) is 0 Å². The highest BCUT2D eigenvalue weighted by molar-refractivity contribution is 5.40. The Labute approximate surface area is 104 Å². The number of nitrogens with zero attached hydrogens (tertiary/aromatic N) is 1. The van der Waals surface area contributed by atoms with Crippen LogP contribution in [0, 0.1) is 0 Å². The highest BCUT2D eigenvalue weighted by Gasteiger charge is 2.19. The summed E-state index contributed by atoms with van der Waals surface area (Å²) in [6.45, 7) is 4.26. The topological polar surface area (TPSA) is 38.5 Å². The van der Waals surface area contributed by atoms with E-state index in [1.165, 1.54) is 31.5 Å². The predicted octanol–water partition coefficient (Wildman–Crippen LogP) is 2.09. The summed E-state index contributed by atoms with van der Waals surface area (Å²) in [6.07, 6.45) is 2.49. The second kappa shape index (κ2) is 6.03. The van der Waals surface area contributed by atoms with E-state index in [1.807, 2.05) is 12.1 Å². The van der Waals surface area contributed by atoms with Crippen LogP contribution in [0.1, 0.15) is 24.3 Å². The highest BCUT2D eigenvalue weighted by Crippen LogP contribution is 2.28. The molecule has 1 aromatic carbocycles. The molecule has 2 N–H and O–H groups in total. The van der Waals surface area contributed by atoms with E-state index in [4.69, 9.17) is 10.5 Å². The third-order valence-corrected chi connectivity index (χ3v) is 3.61. The lowest BCUT2D eigenvalue weighted by Gasteiger charge is -2.32. The van der Waals surface area contributed by atoms with Crippen LogP contribution in [0.4, 0.5) is 5.69 Å². The van der Waals surface area contributed by atoms with Gasteiger partial charge in [0.25, 0.3) is 0 Å². The number of nitrogen functional groups attached to an aromatic ring is 1. The van der Waals surface area contributed by atoms with E-state index in [0.717, 1.165) is 18.8 Å². The van der Waals surface area contributed by atoms with Gasteiger partial charge in [-0.05, 0) is 49.5 Å². The number of nitrogens with two attached hydrogens (primary N) is 1. The molecular weight excluding hydrogens is 212 g/mol. The zero-order valence-electron chi connectivity index (χ0n) is 10.6. The van der Waals surface area contributed by atoms with Crippen LogP contribution in [-0.2, 0) is 4.74 Å². The fraction of sp³-hybridized carbons (Fsp3) is 0.571. The van der Waals surface area contributed by atoms with E-state index >= 15 is 0 Å². The van der Waals surface area contributed by atoms with Crippen LogP contribution in [0.15, 0.2) is 24.3 Å². The molecule has 0 aromatic heterocycles. The zero-order valence-corrected chi connectivity index (χ0v) is 10.6. The van der Waals surface area contributed by atoms with Gasteiger partial charge in [-0.1, -0.05) is 12.1 Å². The number of likely N-dealkylation sites (tertiary alicyclic amines) is 1. The Kier molecular flexibility index (Phi) is 4.40. The highest BCUT2D eigenvalue weighted by atomic mass is 16.5. The van der Waals surface area contributed by atoms with Gasteiger partial charge in [-0.3, -0.25) is 0 Å². The van der Waals surface area contributed by atoms with Gasteiger partial charge in [0.1, 0.15) is 0 Å². The number of hydrogen-bond donors (Lipinski definition) is 1. The number of benzene rings is 1. The molecule has 1 heterocycles. The van der Waals surface area contributed by atoms with Gasteiger partial charge in [-0.2, -0.15) is 0 Å². The Bertz CT molecular complexity index is 329. The van der Waals surface area contributed by atoms with Crippen molar-refractivity contribution in [1.29, 1.82) is 0 Å². The third kappa shape index (κ3) is 3.45. The number of hydrogen-bond acceptors (Lipinski definition) is 3. The van der Waals surface area contributed by atoms with Crippen LogP contribution in [0.25, 0.3) is 0 Å². The van der Waals surface area contributed by atoms with Gasteiger partial charge >= 0.3 is 0 Å². The maximum atomic E-state index is 5.71. The second-order valence-electron chi connectivity index (χ2n) is 4.78. The minimum absolute atomic E-state index is 0.703. The van der Waals surface area contributed by atoms with E-state index in [1.54, 1.807) is 7.11 Å². The van der Waals surface area contributed by atoms with Gasteiger partial charge in [0.05, 0.1) is 6.61 Å². The first kappa shape index (κ1) is 12.4. The van der Waals surface area contributed by atoms with E-state index in [0.29, 0.717) is 5.92 Å². The first-order valence-corrected chi connectivity index (χ1v) is 6.36. The Morgan fingerprint density at radius 2 is 1.88 bits per heavy atom. The van der Waals surface area contributed by atoms with Crippen molar-refractivity contribution >= 4 is 5.69 Å². The summed E-state index contributed by atoms with van der Waals surface area (Å²) in [7, 11) is 1.77. The Balaban J connectivity index is 1.84. The summed E-state index contributed by atoms with van der Waals surface area (Å²) in [5.41, 5.74) is 8.00. The minimum atomic E-state index is 0.703. The average molecular weight is 234 g/mol. The van der Waals surface area contributed by atoms with E-state index in [2.05, 4.69) is 17.0 Å². The summed E-state index contributed by atoms with van der Waals surface area (Å²) in [6, 6.07) is 8.36. The second-order valence-corrected chi connectivity index (χ2v) is 4.78. The smallest absolute Gasteiger partial charge is 0.0589 e. The van der Waals surface area contributed by atoms with Crippen LogP contribution >= 0.6 is 0 Å². The Hall–Kier alpha value is -1.06. The molecule has 2 rings (SSSR count). The molecule has 0 atom stereocenters. The normalized spacial score (nSPS) is 18.4.